The van der Waals surface area contributed by atoms with Crippen LogP contribution in [0.2, 0.25) is 5.02 Å². The van der Waals surface area contributed by atoms with Crippen LogP contribution in [-0.4, -0.2) is 18.2 Å². The van der Waals surface area contributed by atoms with Crippen molar-refractivity contribution in [3.05, 3.63) is 69.4 Å². The molecule has 25 heavy (non-hydrogen) atoms. The highest BCUT2D eigenvalue weighted by Gasteiger charge is 2.25. The second-order valence-corrected chi connectivity index (χ2v) is 8.36. The second-order valence-electron chi connectivity index (χ2n) is 5.48. The molecule has 8 heteroatoms. The fourth-order valence-electron chi connectivity index (χ4n) is 2.60. The van der Waals surface area contributed by atoms with E-state index in [1.54, 1.807) is 36.7 Å². The van der Waals surface area contributed by atoms with E-state index in [2.05, 4.69) is 25.8 Å². The summed E-state index contributed by atoms with van der Waals surface area (Å²) in [6.07, 6.45) is 0. The number of nitrogens with one attached hydrogen (secondary N) is 1. The molecule has 3 rings (SSSR count). The Kier molecular flexibility index (Phi) is 4.90. The molecular weight excluding hydrogens is 426 g/mol. The number of hydrogen-bond donors (Lipinski definition) is 1. The van der Waals surface area contributed by atoms with Crippen molar-refractivity contribution in [3.8, 4) is 5.69 Å². The van der Waals surface area contributed by atoms with Crippen LogP contribution in [0.1, 0.15) is 11.4 Å². The highest BCUT2D eigenvalue weighted by Crippen LogP contribution is 2.29. The van der Waals surface area contributed by atoms with Gasteiger partial charge in [0.2, 0.25) is 0 Å². The van der Waals surface area contributed by atoms with Crippen LogP contribution in [0.4, 0.5) is 5.69 Å². The number of sulfonamides is 1. The average molecular weight is 441 g/mol. The van der Waals surface area contributed by atoms with Crippen molar-refractivity contribution in [1.29, 1.82) is 0 Å². The average Bonchev–Trinajstić information content (AvgIpc) is 2.87. The molecule has 1 aromatic heterocycles. The summed E-state index contributed by atoms with van der Waals surface area (Å²) < 4.78 is 30.6. The molecule has 130 valence electrons. The van der Waals surface area contributed by atoms with Crippen molar-refractivity contribution in [2.75, 3.05) is 4.72 Å². The summed E-state index contributed by atoms with van der Waals surface area (Å²) in [7, 11) is -3.80. The molecule has 2 aromatic carbocycles. The van der Waals surface area contributed by atoms with Gasteiger partial charge >= 0.3 is 0 Å². The van der Waals surface area contributed by atoms with Gasteiger partial charge in [-0.3, -0.25) is 4.72 Å². The van der Waals surface area contributed by atoms with E-state index in [-0.39, 0.29) is 4.90 Å². The van der Waals surface area contributed by atoms with E-state index < -0.39 is 10.0 Å². The van der Waals surface area contributed by atoms with Gasteiger partial charge in [0, 0.05) is 4.47 Å². The zero-order chi connectivity index (χ0) is 18.2. The minimum Gasteiger partial charge on any atom is -0.279 e. The molecule has 0 aliphatic carbocycles. The molecule has 0 bridgehead atoms. The van der Waals surface area contributed by atoms with Gasteiger partial charge in [-0.05, 0) is 60.1 Å². The Balaban J connectivity index is 2.03. The highest BCUT2D eigenvalue weighted by molar-refractivity contribution is 9.10. The van der Waals surface area contributed by atoms with Crippen LogP contribution in [0.15, 0.2) is 57.9 Å². The zero-order valence-electron chi connectivity index (χ0n) is 13.5. The molecule has 0 saturated heterocycles. The van der Waals surface area contributed by atoms with E-state index >= 15 is 0 Å². The number of aryl methyl sites for hydroxylation is 1. The van der Waals surface area contributed by atoms with Crippen LogP contribution in [0.3, 0.4) is 0 Å². The number of aromatic nitrogens is 2. The Labute approximate surface area is 159 Å². The van der Waals surface area contributed by atoms with E-state index in [0.717, 1.165) is 5.69 Å². The van der Waals surface area contributed by atoms with Crippen molar-refractivity contribution in [2.24, 2.45) is 0 Å². The maximum Gasteiger partial charge on any atom is 0.265 e. The minimum atomic E-state index is -3.80. The Bertz CT molecular complexity index is 1030. The SMILES string of the molecule is Cc1nn(-c2ccccc2)c(C)c1S(=O)(=O)Nc1ccc(Br)c(Cl)c1. The van der Waals surface area contributed by atoms with Gasteiger partial charge in [0.05, 0.1) is 27.8 Å². The third-order valence-corrected chi connectivity index (χ3v) is 6.53. The number of hydrogen-bond acceptors (Lipinski definition) is 3. The molecule has 5 nitrogen and oxygen atoms in total. The van der Waals surface area contributed by atoms with Gasteiger partial charge in [-0.2, -0.15) is 5.10 Å². The van der Waals surface area contributed by atoms with E-state index in [0.29, 0.717) is 26.6 Å². The summed E-state index contributed by atoms with van der Waals surface area (Å²) in [6, 6.07) is 14.3. The fraction of sp³-hybridized carbons (Fsp3) is 0.118. The van der Waals surface area contributed by atoms with Crippen molar-refractivity contribution in [1.82, 2.24) is 9.78 Å². The molecule has 0 aliphatic rings. The van der Waals surface area contributed by atoms with Gasteiger partial charge in [0.25, 0.3) is 10.0 Å². The largest absolute Gasteiger partial charge is 0.279 e. The molecule has 0 atom stereocenters. The summed E-state index contributed by atoms with van der Waals surface area (Å²) in [5, 5.41) is 4.81. The number of halogens is 2. The normalized spacial score (nSPS) is 11.5. The lowest BCUT2D eigenvalue weighted by Gasteiger charge is -2.10. The molecule has 0 radical (unpaired) electrons. The summed E-state index contributed by atoms with van der Waals surface area (Å²) in [5.41, 5.74) is 2.16. The number of benzene rings is 2. The number of anilines is 1. The summed E-state index contributed by atoms with van der Waals surface area (Å²) in [4.78, 5) is 0.162. The number of rotatable bonds is 4. The Morgan fingerprint density at radius 2 is 1.80 bits per heavy atom. The second kappa shape index (κ2) is 6.82. The van der Waals surface area contributed by atoms with Gasteiger partial charge in [-0.25, -0.2) is 13.1 Å². The molecule has 0 aliphatic heterocycles. The summed E-state index contributed by atoms with van der Waals surface area (Å²) in [6.45, 7) is 3.41. The first-order valence-electron chi connectivity index (χ1n) is 7.39. The predicted molar refractivity (Wildman–Crippen MR) is 103 cm³/mol. The van der Waals surface area contributed by atoms with E-state index in [1.807, 2.05) is 30.3 Å². The first-order chi connectivity index (χ1) is 11.8. The third kappa shape index (κ3) is 3.58. The molecule has 0 fully saturated rings. The molecular formula is C17H15BrClN3O2S. The zero-order valence-corrected chi connectivity index (χ0v) is 16.7. The summed E-state index contributed by atoms with van der Waals surface area (Å²) in [5.74, 6) is 0. The van der Waals surface area contributed by atoms with Crippen LogP contribution < -0.4 is 4.72 Å². The molecule has 1 N–H and O–H groups in total. The molecule has 0 saturated carbocycles. The van der Waals surface area contributed by atoms with Crippen molar-refractivity contribution in [3.63, 3.8) is 0 Å². The van der Waals surface area contributed by atoms with Gasteiger partial charge in [0.1, 0.15) is 4.90 Å². The van der Waals surface area contributed by atoms with Crippen LogP contribution in [-0.2, 0) is 10.0 Å². The Hall–Kier alpha value is -1.83. The lowest BCUT2D eigenvalue weighted by atomic mass is 10.3. The maximum atomic E-state index is 12.9. The minimum absolute atomic E-state index is 0.162. The summed E-state index contributed by atoms with van der Waals surface area (Å²) >= 11 is 9.32. The molecule has 3 aromatic rings. The van der Waals surface area contributed by atoms with Gasteiger partial charge in [-0.1, -0.05) is 29.8 Å². The molecule has 0 spiro atoms. The van der Waals surface area contributed by atoms with Crippen molar-refractivity contribution >= 4 is 43.2 Å². The van der Waals surface area contributed by atoms with Gasteiger partial charge in [-0.15, -0.1) is 0 Å². The lowest BCUT2D eigenvalue weighted by molar-refractivity contribution is 0.600. The van der Waals surface area contributed by atoms with Crippen LogP contribution in [0, 0.1) is 13.8 Å². The predicted octanol–water partition coefficient (Wildman–Crippen LogP) is 4.71. The van der Waals surface area contributed by atoms with E-state index in [4.69, 9.17) is 11.6 Å². The Morgan fingerprint density at radius 3 is 2.44 bits per heavy atom. The lowest BCUT2D eigenvalue weighted by Crippen LogP contribution is -2.15. The van der Waals surface area contributed by atoms with Gasteiger partial charge in [0.15, 0.2) is 0 Å². The first kappa shape index (κ1) is 18.0. The number of para-hydroxylation sites is 1. The Morgan fingerprint density at radius 1 is 1.12 bits per heavy atom. The maximum absolute atomic E-state index is 12.9. The van der Waals surface area contributed by atoms with Gasteiger partial charge < -0.3 is 0 Å². The van der Waals surface area contributed by atoms with Crippen LogP contribution in [0.25, 0.3) is 5.69 Å². The molecule has 0 unspecified atom stereocenters. The topological polar surface area (TPSA) is 64.0 Å². The standard InChI is InChI=1S/C17H15BrClN3O2S/c1-11-17(12(2)22(20-11)14-6-4-3-5-7-14)25(23,24)21-13-8-9-15(18)16(19)10-13/h3-10,21H,1-2H3. The monoisotopic (exact) mass is 439 g/mol. The first-order valence-corrected chi connectivity index (χ1v) is 10.0. The van der Waals surface area contributed by atoms with E-state index in [9.17, 15) is 8.42 Å². The van der Waals surface area contributed by atoms with Crippen molar-refractivity contribution in [2.45, 2.75) is 18.7 Å². The fourth-order valence-corrected chi connectivity index (χ4v) is 4.48. The molecule has 0 amide bonds. The van der Waals surface area contributed by atoms with Crippen molar-refractivity contribution < 1.29 is 8.42 Å². The van der Waals surface area contributed by atoms with Crippen LogP contribution >= 0.6 is 27.5 Å². The number of nitrogens with zero attached hydrogens (tertiary/aromatic N) is 2. The highest BCUT2D eigenvalue weighted by atomic mass is 79.9. The third-order valence-electron chi connectivity index (χ3n) is 3.67. The van der Waals surface area contributed by atoms with Crippen LogP contribution in [0.5, 0.6) is 0 Å². The molecule has 1 heterocycles. The quantitative estimate of drug-likeness (QED) is 0.639. The van der Waals surface area contributed by atoms with E-state index in [1.165, 1.54) is 0 Å². The smallest absolute Gasteiger partial charge is 0.265 e.